The number of benzene rings is 1. The number of halogens is 1. The number of piperidine rings is 1. The van der Waals surface area contributed by atoms with E-state index in [0.29, 0.717) is 16.8 Å². The lowest BCUT2D eigenvalue weighted by Gasteiger charge is -2.31. The fraction of sp³-hybridized carbons (Fsp3) is 0.429. The van der Waals surface area contributed by atoms with Crippen LogP contribution in [0.25, 0.3) is 11.1 Å². The Bertz CT molecular complexity index is 1020. The van der Waals surface area contributed by atoms with Gasteiger partial charge in [-0.15, -0.1) is 0 Å². The van der Waals surface area contributed by atoms with E-state index >= 15 is 0 Å². The SMILES string of the molecule is O=C(NC1CCN(c2nc3cc(Cl)ccc3o2)CC1)c1ccc(SCC2CC2)o1. The van der Waals surface area contributed by atoms with Crippen molar-refractivity contribution >= 4 is 46.4 Å². The number of anilines is 1. The van der Waals surface area contributed by atoms with Crippen LogP contribution < -0.4 is 10.2 Å². The summed E-state index contributed by atoms with van der Waals surface area (Å²) in [6, 6.07) is 9.82. The summed E-state index contributed by atoms with van der Waals surface area (Å²) in [7, 11) is 0. The number of aromatic nitrogens is 1. The number of amides is 1. The topological polar surface area (TPSA) is 71.5 Å². The molecule has 3 heterocycles. The Labute approximate surface area is 178 Å². The van der Waals surface area contributed by atoms with E-state index in [4.69, 9.17) is 20.4 Å². The van der Waals surface area contributed by atoms with Crippen LogP contribution in [0.15, 0.2) is 44.3 Å². The maximum absolute atomic E-state index is 12.5. The van der Waals surface area contributed by atoms with Crippen LogP contribution in [-0.4, -0.2) is 35.8 Å². The molecule has 5 rings (SSSR count). The van der Waals surface area contributed by atoms with E-state index < -0.39 is 0 Å². The monoisotopic (exact) mass is 431 g/mol. The lowest BCUT2D eigenvalue weighted by molar-refractivity contribution is 0.0897. The summed E-state index contributed by atoms with van der Waals surface area (Å²) >= 11 is 7.72. The largest absolute Gasteiger partial charge is 0.445 e. The minimum Gasteiger partial charge on any atom is -0.445 e. The summed E-state index contributed by atoms with van der Waals surface area (Å²) < 4.78 is 11.6. The van der Waals surface area contributed by atoms with Crippen molar-refractivity contribution in [3.8, 4) is 0 Å². The maximum Gasteiger partial charge on any atom is 0.298 e. The molecule has 0 bridgehead atoms. The van der Waals surface area contributed by atoms with Crippen LogP contribution in [-0.2, 0) is 0 Å². The molecule has 0 atom stereocenters. The number of rotatable bonds is 6. The highest BCUT2D eigenvalue weighted by Crippen LogP contribution is 2.35. The smallest absolute Gasteiger partial charge is 0.298 e. The number of furan rings is 1. The van der Waals surface area contributed by atoms with E-state index in [1.54, 1.807) is 30.0 Å². The quantitative estimate of drug-likeness (QED) is 0.555. The highest BCUT2D eigenvalue weighted by molar-refractivity contribution is 7.99. The van der Waals surface area contributed by atoms with Crippen LogP contribution in [0.4, 0.5) is 6.01 Å². The van der Waals surface area contributed by atoms with Crippen molar-refractivity contribution < 1.29 is 13.6 Å². The van der Waals surface area contributed by atoms with Crippen molar-refractivity contribution in [3.05, 3.63) is 41.1 Å². The Morgan fingerprint density at radius 3 is 2.79 bits per heavy atom. The molecule has 2 aliphatic rings. The summed E-state index contributed by atoms with van der Waals surface area (Å²) in [5, 5.41) is 4.57. The molecule has 1 saturated heterocycles. The Balaban J connectivity index is 1.14. The highest BCUT2D eigenvalue weighted by atomic mass is 35.5. The highest BCUT2D eigenvalue weighted by Gasteiger charge is 2.26. The molecule has 1 aliphatic carbocycles. The number of nitrogens with one attached hydrogen (secondary N) is 1. The van der Waals surface area contributed by atoms with Gasteiger partial charge in [-0.1, -0.05) is 23.4 Å². The standard InChI is InChI=1S/C21H22ClN3O3S/c22-14-3-4-17-16(11-14)24-21(28-17)25-9-7-15(8-10-25)23-20(26)18-5-6-19(27-18)29-12-13-1-2-13/h3-6,11,13,15H,1-2,7-10,12H2,(H,23,26). The van der Waals surface area contributed by atoms with Gasteiger partial charge < -0.3 is 19.1 Å². The Morgan fingerprint density at radius 2 is 2.00 bits per heavy atom. The molecule has 1 N–H and O–H groups in total. The first-order valence-electron chi connectivity index (χ1n) is 9.98. The van der Waals surface area contributed by atoms with E-state index in [-0.39, 0.29) is 11.9 Å². The molecule has 8 heteroatoms. The molecule has 2 fully saturated rings. The number of oxazole rings is 1. The van der Waals surface area contributed by atoms with Gasteiger partial charge in [-0.25, -0.2) is 0 Å². The third-order valence-corrected chi connectivity index (χ3v) is 6.78. The van der Waals surface area contributed by atoms with E-state index in [0.717, 1.165) is 53.8 Å². The Morgan fingerprint density at radius 1 is 1.17 bits per heavy atom. The molecule has 3 aromatic rings. The van der Waals surface area contributed by atoms with Gasteiger partial charge in [-0.05, 0) is 61.9 Å². The lowest BCUT2D eigenvalue weighted by Crippen LogP contribution is -2.44. The van der Waals surface area contributed by atoms with E-state index in [1.807, 2.05) is 12.1 Å². The number of hydrogen-bond donors (Lipinski definition) is 1. The second-order valence-corrected chi connectivity index (χ2v) is 9.18. The molecule has 1 amide bonds. The molecule has 0 spiro atoms. The third kappa shape index (κ3) is 4.41. The van der Waals surface area contributed by atoms with E-state index in [1.165, 1.54) is 12.8 Å². The normalized spacial score (nSPS) is 17.8. The number of thioether (sulfide) groups is 1. The first-order valence-corrected chi connectivity index (χ1v) is 11.3. The van der Waals surface area contributed by atoms with Crippen LogP contribution in [0.5, 0.6) is 0 Å². The molecule has 0 radical (unpaired) electrons. The van der Waals surface area contributed by atoms with Gasteiger partial charge in [0.05, 0.1) is 0 Å². The lowest BCUT2D eigenvalue weighted by atomic mass is 10.1. The number of carbonyl (C=O) groups is 1. The van der Waals surface area contributed by atoms with Gasteiger partial charge in [-0.3, -0.25) is 4.79 Å². The number of fused-ring (bicyclic) bond motifs is 1. The number of nitrogens with zero attached hydrogens (tertiary/aromatic N) is 2. The maximum atomic E-state index is 12.5. The summed E-state index contributed by atoms with van der Waals surface area (Å²) in [5.74, 6) is 2.15. The molecule has 0 unspecified atom stereocenters. The molecule has 1 saturated carbocycles. The summed E-state index contributed by atoms with van der Waals surface area (Å²) in [5.41, 5.74) is 1.49. The molecular weight excluding hydrogens is 410 g/mol. The Kier molecular flexibility index (Phi) is 5.18. The van der Waals surface area contributed by atoms with Crippen LogP contribution in [0.1, 0.15) is 36.2 Å². The molecule has 29 heavy (non-hydrogen) atoms. The minimum absolute atomic E-state index is 0.116. The average Bonchev–Trinajstić information content (AvgIpc) is 3.26. The first kappa shape index (κ1) is 18.9. The Hall–Kier alpha value is -2.12. The zero-order chi connectivity index (χ0) is 19.8. The van der Waals surface area contributed by atoms with Gasteiger partial charge in [0.2, 0.25) is 0 Å². The van der Waals surface area contributed by atoms with E-state index in [2.05, 4.69) is 15.2 Å². The van der Waals surface area contributed by atoms with Crippen molar-refractivity contribution in [2.45, 2.75) is 36.8 Å². The minimum atomic E-state index is -0.141. The zero-order valence-corrected chi connectivity index (χ0v) is 17.5. The van der Waals surface area contributed by atoms with Gasteiger partial charge in [0, 0.05) is 29.9 Å². The van der Waals surface area contributed by atoms with Crippen molar-refractivity contribution in [3.63, 3.8) is 0 Å². The van der Waals surface area contributed by atoms with Gasteiger partial charge in [0.1, 0.15) is 5.52 Å². The average molecular weight is 432 g/mol. The molecular formula is C21H22ClN3O3S. The van der Waals surface area contributed by atoms with Crippen LogP contribution >= 0.6 is 23.4 Å². The molecule has 152 valence electrons. The van der Waals surface area contributed by atoms with Crippen molar-refractivity contribution in [1.29, 1.82) is 0 Å². The number of carbonyl (C=O) groups excluding carboxylic acids is 1. The van der Waals surface area contributed by atoms with Gasteiger partial charge in [0.25, 0.3) is 11.9 Å². The van der Waals surface area contributed by atoms with Gasteiger partial charge in [-0.2, -0.15) is 4.98 Å². The fourth-order valence-electron chi connectivity index (χ4n) is 3.50. The van der Waals surface area contributed by atoms with Gasteiger partial charge in [0.15, 0.2) is 16.4 Å². The molecule has 1 aromatic carbocycles. The zero-order valence-electron chi connectivity index (χ0n) is 15.9. The molecule has 2 aromatic heterocycles. The molecule has 6 nitrogen and oxygen atoms in total. The molecule has 1 aliphatic heterocycles. The van der Waals surface area contributed by atoms with Gasteiger partial charge >= 0.3 is 0 Å². The summed E-state index contributed by atoms with van der Waals surface area (Å²) in [6.07, 6.45) is 4.29. The second-order valence-electron chi connectivity index (χ2n) is 7.72. The first-order chi connectivity index (χ1) is 14.1. The van der Waals surface area contributed by atoms with Crippen LogP contribution in [0.3, 0.4) is 0 Å². The summed E-state index contributed by atoms with van der Waals surface area (Å²) in [6.45, 7) is 1.54. The van der Waals surface area contributed by atoms with Crippen molar-refractivity contribution in [2.75, 3.05) is 23.7 Å². The third-order valence-electron chi connectivity index (χ3n) is 5.40. The van der Waals surface area contributed by atoms with E-state index in [9.17, 15) is 4.79 Å². The van der Waals surface area contributed by atoms with Crippen LogP contribution in [0.2, 0.25) is 5.02 Å². The number of hydrogen-bond acceptors (Lipinski definition) is 6. The predicted octanol–water partition coefficient (Wildman–Crippen LogP) is 4.98. The second kappa shape index (κ2) is 7.95. The fourth-order valence-corrected chi connectivity index (χ4v) is 4.71. The van der Waals surface area contributed by atoms with Crippen LogP contribution in [0, 0.1) is 5.92 Å². The summed E-state index contributed by atoms with van der Waals surface area (Å²) in [4.78, 5) is 19.2. The predicted molar refractivity (Wildman–Crippen MR) is 114 cm³/mol. The van der Waals surface area contributed by atoms with Crippen molar-refractivity contribution in [1.82, 2.24) is 10.3 Å². The van der Waals surface area contributed by atoms with Crippen molar-refractivity contribution in [2.24, 2.45) is 5.92 Å².